The van der Waals surface area contributed by atoms with Crippen molar-refractivity contribution >= 4 is 0 Å². The van der Waals surface area contributed by atoms with Gasteiger partial charge in [-0.05, 0) is 30.2 Å². The van der Waals surface area contributed by atoms with Crippen molar-refractivity contribution in [2.45, 2.75) is 24.9 Å². The molecule has 0 saturated carbocycles. The van der Waals surface area contributed by atoms with E-state index in [1.54, 1.807) is 16.7 Å². The maximum absolute atomic E-state index is 2.58. The lowest BCUT2D eigenvalue weighted by molar-refractivity contribution is -0.926. The van der Waals surface area contributed by atoms with Crippen molar-refractivity contribution in [2.75, 3.05) is 34.2 Å². The van der Waals surface area contributed by atoms with Crippen LogP contribution in [0.3, 0.4) is 0 Å². The van der Waals surface area contributed by atoms with Crippen molar-refractivity contribution in [2.24, 2.45) is 0 Å². The van der Waals surface area contributed by atoms with Crippen LogP contribution in [0, 0.1) is 0 Å². The number of nitrogens with zero attached hydrogens (tertiary/aromatic N) is 2. The highest BCUT2D eigenvalue weighted by atomic mass is 15.4. The summed E-state index contributed by atoms with van der Waals surface area (Å²) in [5.74, 6) is 0. The summed E-state index contributed by atoms with van der Waals surface area (Å²) < 4.78 is 1.07. The second-order valence-corrected chi connectivity index (χ2v) is 7.77. The Morgan fingerprint density at radius 3 is 2.22 bits per heavy atom. The molecular formula is C21H27N2+. The Hall–Kier alpha value is -1.64. The molecule has 4 rings (SSSR count). The predicted molar refractivity (Wildman–Crippen MR) is 95.4 cm³/mol. The molecule has 2 atom stereocenters. The average molecular weight is 307 g/mol. The van der Waals surface area contributed by atoms with E-state index >= 15 is 0 Å². The Labute approximate surface area is 139 Å². The fourth-order valence-electron chi connectivity index (χ4n) is 4.66. The molecular weight excluding hydrogens is 280 g/mol. The minimum Gasteiger partial charge on any atom is -0.320 e. The van der Waals surface area contributed by atoms with Crippen LogP contribution < -0.4 is 0 Å². The lowest BCUT2D eigenvalue weighted by Gasteiger charge is -2.50. The summed E-state index contributed by atoms with van der Waals surface area (Å²) in [5, 5.41) is 0. The summed E-state index contributed by atoms with van der Waals surface area (Å²) in [4.78, 5) is 2.58. The summed E-state index contributed by atoms with van der Waals surface area (Å²) in [5.41, 5.74) is 6.18. The number of rotatable bonds is 1. The van der Waals surface area contributed by atoms with E-state index < -0.39 is 0 Å². The Morgan fingerprint density at radius 1 is 0.870 bits per heavy atom. The van der Waals surface area contributed by atoms with Gasteiger partial charge in [-0.2, -0.15) is 0 Å². The second-order valence-electron chi connectivity index (χ2n) is 7.77. The largest absolute Gasteiger partial charge is 0.320 e. The molecule has 23 heavy (non-hydrogen) atoms. The Balaban J connectivity index is 1.88. The molecule has 0 saturated heterocycles. The van der Waals surface area contributed by atoms with E-state index in [9.17, 15) is 0 Å². The zero-order valence-electron chi connectivity index (χ0n) is 14.5. The molecule has 0 aromatic heterocycles. The molecule has 0 amide bonds. The summed E-state index contributed by atoms with van der Waals surface area (Å²) in [6.07, 6.45) is 2.36. The molecule has 0 bridgehead atoms. The Morgan fingerprint density at radius 2 is 1.48 bits per heavy atom. The van der Waals surface area contributed by atoms with E-state index in [0.29, 0.717) is 12.1 Å². The molecule has 2 heteroatoms. The third-order valence-corrected chi connectivity index (χ3v) is 5.97. The maximum Gasteiger partial charge on any atom is 0.134 e. The van der Waals surface area contributed by atoms with Gasteiger partial charge in [-0.25, -0.2) is 0 Å². The van der Waals surface area contributed by atoms with E-state index in [2.05, 4.69) is 74.6 Å². The van der Waals surface area contributed by atoms with Crippen LogP contribution in [-0.4, -0.2) is 43.6 Å². The van der Waals surface area contributed by atoms with Crippen LogP contribution in [0.1, 0.15) is 34.3 Å². The van der Waals surface area contributed by atoms with E-state index in [0.717, 1.165) is 11.0 Å². The zero-order valence-corrected chi connectivity index (χ0v) is 14.5. The highest BCUT2D eigenvalue weighted by molar-refractivity contribution is 5.38. The van der Waals surface area contributed by atoms with Gasteiger partial charge in [0, 0.05) is 18.5 Å². The molecule has 0 aliphatic carbocycles. The van der Waals surface area contributed by atoms with E-state index in [-0.39, 0.29) is 0 Å². The number of hydrogen-bond acceptors (Lipinski definition) is 1. The second kappa shape index (κ2) is 5.47. The monoisotopic (exact) mass is 307 g/mol. The fraction of sp³-hybridized carbons (Fsp3) is 0.429. The smallest absolute Gasteiger partial charge is 0.134 e. The van der Waals surface area contributed by atoms with Crippen LogP contribution in [0.25, 0.3) is 0 Å². The molecule has 120 valence electrons. The standard InChI is InChI=1S/C21H27N2/c1-22-14-12-16-8-4-6-10-18(16)20(22)21-19-11-7-5-9-17(19)13-15-23(21,2)3/h4-11,20-21H,12-15H2,1-3H3/q+1/t20-,21-/m1/s1. The summed E-state index contributed by atoms with van der Waals surface area (Å²) >= 11 is 0. The molecule has 0 spiro atoms. The van der Waals surface area contributed by atoms with Crippen LogP contribution in [-0.2, 0) is 12.8 Å². The first kappa shape index (κ1) is 14.9. The normalized spacial score (nSPS) is 26.4. The minimum absolute atomic E-state index is 0.469. The van der Waals surface area contributed by atoms with Crippen molar-refractivity contribution in [1.29, 1.82) is 0 Å². The third-order valence-electron chi connectivity index (χ3n) is 5.97. The third kappa shape index (κ3) is 2.41. The summed E-state index contributed by atoms with van der Waals surface area (Å²) in [6.45, 7) is 2.37. The van der Waals surface area contributed by atoms with Crippen molar-refractivity contribution < 1.29 is 4.48 Å². The topological polar surface area (TPSA) is 3.24 Å². The van der Waals surface area contributed by atoms with E-state index in [1.807, 2.05) is 0 Å². The molecule has 0 unspecified atom stereocenters. The SMILES string of the molecule is CN1CCc2ccccc2[C@@H]1[C@H]1c2ccccc2CC[N+]1(C)C. The quantitative estimate of drug-likeness (QED) is 0.728. The van der Waals surface area contributed by atoms with Gasteiger partial charge in [-0.3, -0.25) is 4.90 Å². The number of hydrogen-bond donors (Lipinski definition) is 0. The summed E-state index contributed by atoms with van der Waals surface area (Å²) in [6, 6.07) is 19.2. The number of benzene rings is 2. The van der Waals surface area contributed by atoms with Crippen molar-refractivity contribution in [3.63, 3.8) is 0 Å². The number of likely N-dealkylation sites (N-methyl/N-ethyl adjacent to an activating group) is 2. The molecule has 2 aromatic rings. The molecule has 2 nitrogen and oxygen atoms in total. The first-order valence-electron chi connectivity index (χ1n) is 8.76. The molecule has 0 radical (unpaired) electrons. The molecule has 2 aliphatic heterocycles. The number of quaternary nitrogens is 1. The molecule has 2 aromatic carbocycles. The fourth-order valence-corrected chi connectivity index (χ4v) is 4.66. The van der Waals surface area contributed by atoms with Gasteiger partial charge in [0.2, 0.25) is 0 Å². The lowest BCUT2D eigenvalue weighted by atomic mass is 9.80. The van der Waals surface area contributed by atoms with Gasteiger partial charge in [-0.1, -0.05) is 48.5 Å². The van der Waals surface area contributed by atoms with Crippen molar-refractivity contribution in [3.8, 4) is 0 Å². The van der Waals surface area contributed by atoms with Gasteiger partial charge in [0.1, 0.15) is 6.04 Å². The minimum atomic E-state index is 0.469. The average Bonchev–Trinajstić information content (AvgIpc) is 2.56. The van der Waals surface area contributed by atoms with E-state index in [1.165, 1.54) is 24.9 Å². The lowest BCUT2D eigenvalue weighted by Crippen LogP contribution is -2.53. The van der Waals surface area contributed by atoms with Gasteiger partial charge in [0.05, 0.1) is 26.7 Å². The molecule has 2 aliphatic rings. The predicted octanol–water partition coefficient (Wildman–Crippen LogP) is 3.59. The van der Waals surface area contributed by atoms with Gasteiger partial charge >= 0.3 is 0 Å². The van der Waals surface area contributed by atoms with Gasteiger partial charge in [0.15, 0.2) is 0 Å². The maximum atomic E-state index is 2.58. The van der Waals surface area contributed by atoms with Crippen LogP contribution in [0.15, 0.2) is 48.5 Å². The first-order valence-corrected chi connectivity index (χ1v) is 8.76. The Kier molecular flexibility index (Phi) is 3.55. The first-order chi connectivity index (χ1) is 11.1. The molecule has 0 N–H and O–H groups in total. The highest BCUT2D eigenvalue weighted by Gasteiger charge is 2.45. The number of fused-ring (bicyclic) bond motifs is 2. The molecule has 0 fully saturated rings. The summed E-state index contributed by atoms with van der Waals surface area (Å²) in [7, 11) is 7.12. The van der Waals surface area contributed by atoms with Crippen LogP contribution >= 0.6 is 0 Å². The van der Waals surface area contributed by atoms with Crippen LogP contribution in [0.2, 0.25) is 0 Å². The highest BCUT2D eigenvalue weighted by Crippen LogP contribution is 2.46. The van der Waals surface area contributed by atoms with Crippen LogP contribution in [0.4, 0.5) is 0 Å². The van der Waals surface area contributed by atoms with Crippen molar-refractivity contribution in [1.82, 2.24) is 4.90 Å². The Bertz CT molecular complexity index is 719. The van der Waals surface area contributed by atoms with Crippen molar-refractivity contribution in [3.05, 3.63) is 70.8 Å². The zero-order chi connectivity index (χ0) is 16.0. The molecule has 2 heterocycles. The van der Waals surface area contributed by atoms with E-state index in [4.69, 9.17) is 0 Å². The van der Waals surface area contributed by atoms with Gasteiger partial charge in [0.25, 0.3) is 0 Å². The van der Waals surface area contributed by atoms with Crippen LogP contribution in [0.5, 0.6) is 0 Å². The van der Waals surface area contributed by atoms with Gasteiger partial charge in [-0.15, -0.1) is 0 Å². The van der Waals surface area contributed by atoms with Gasteiger partial charge < -0.3 is 4.48 Å².